The van der Waals surface area contributed by atoms with Crippen molar-refractivity contribution in [2.45, 2.75) is 71.3 Å². The Morgan fingerprint density at radius 1 is 0.962 bits per heavy atom. The van der Waals surface area contributed by atoms with Gasteiger partial charge in [-0.25, -0.2) is 0 Å². The first-order valence-corrected chi connectivity index (χ1v) is 10.2. The van der Waals surface area contributed by atoms with Crippen LogP contribution in [0.25, 0.3) is 5.69 Å². The molecule has 2 fully saturated rings. The number of rotatable bonds is 3. The zero-order valence-corrected chi connectivity index (χ0v) is 16.4. The molecule has 0 bridgehead atoms. The molecule has 0 radical (unpaired) electrons. The molecule has 4 rings (SSSR count). The minimum Gasteiger partial charge on any atom is -0.291 e. The minimum atomic E-state index is -0.00587. The Morgan fingerprint density at radius 3 is 2.27 bits per heavy atom. The van der Waals surface area contributed by atoms with E-state index >= 15 is 0 Å². The van der Waals surface area contributed by atoms with Crippen LogP contribution in [0.1, 0.15) is 68.8 Å². The summed E-state index contributed by atoms with van der Waals surface area (Å²) in [4.78, 5) is 2.70. The summed E-state index contributed by atoms with van der Waals surface area (Å²) in [6.45, 7) is 9.02. The number of piperidine rings is 1. The van der Waals surface area contributed by atoms with Gasteiger partial charge in [-0.2, -0.15) is 4.68 Å². The molecule has 0 unspecified atom stereocenters. The van der Waals surface area contributed by atoms with Crippen molar-refractivity contribution in [3.05, 3.63) is 35.2 Å². The molecule has 2 heterocycles. The van der Waals surface area contributed by atoms with E-state index in [0.717, 1.165) is 17.4 Å². The minimum absolute atomic E-state index is 0.00587. The number of benzene rings is 1. The Labute approximate surface area is 156 Å². The largest absolute Gasteiger partial charge is 0.291 e. The number of likely N-dealkylation sites (tertiary alicyclic amines) is 1. The van der Waals surface area contributed by atoms with E-state index in [2.05, 4.69) is 59.4 Å². The van der Waals surface area contributed by atoms with E-state index in [4.69, 9.17) is 0 Å². The maximum Gasteiger partial charge on any atom is 0.176 e. The second kappa shape index (κ2) is 7.10. The zero-order chi connectivity index (χ0) is 18.1. The van der Waals surface area contributed by atoms with E-state index in [1.165, 1.54) is 69.2 Å². The van der Waals surface area contributed by atoms with Crippen molar-refractivity contribution in [3.63, 3.8) is 0 Å². The van der Waals surface area contributed by atoms with Crippen molar-refractivity contribution in [1.82, 2.24) is 25.1 Å². The van der Waals surface area contributed by atoms with Crippen molar-refractivity contribution < 1.29 is 0 Å². The van der Waals surface area contributed by atoms with Crippen LogP contribution in [0.15, 0.2) is 18.2 Å². The topological polar surface area (TPSA) is 46.8 Å². The van der Waals surface area contributed by atoms with E-state index in [0.29, 0.717) is 0 Å². The van der Waals surface area contributed by atoms with Gasteiger partial charge in [0.1, 0.15) is 0 Å². The number of hydrogen-bond acceptors (Lipinski definition) is 4. The molecule has 0 spiro atoms. The molecule has 5 heteroatoms. The van der Waals surface area contributed by atoms with Gasteiger partial charge in [0, 0.05) is 0 Å². The predicted octanol–water partition coefficient (Wildman–Crippen LogP) is 4.17. The third kappa shape index (κ3) is 3.18. The highest BCUT2D eigenvalue weighted by Crippen LogP contribution is 2.44. The molecular weight excluding hydrogens is 322 g/mol. The van der Waals surface area contributed by atoms with Crippen molar-refractivity contribution in [2.24, 2.45) is 5.92 Å². The smallest absolute Gasteiger partial charge is 0.176 e. The van der Waals surface area contributed by atoms with Crippen LogP contribution in [0.3, 0.4) is 0 Å². The number of aromatic nitrogens is 4. The van der Waals surface area contributed by atoms with Gasteiger partial charge in [-0.05, 0) is 105 Å². The second-order valence-corrected chi connectivity index (χ2v) is 8.52. The van der Waals surface area contributed by atoms with E-state index < -0.39 is 0 Å². The molecule has 1 aromatic carbocycles. The van der Waals surface area contributed by atoms with Gasteiger partial charge in [-0.3, -0.25) is 4.90 Å². The number of hydrogen-bond donors (Lipinski definition) is 0. The lowest BCUT2D eigenvalue weighted by atomic mass is 9.74. The summed E-state index contributed by atoms with van der Waals surface area (Å²) in [7, 11) is 0. The molecular formula is C21H31N5. The number of nitrogens with zero attached hydrogens (tertiary/aromatic N) is 5. The summed E-state index contributed by atoms with van der Waals surface area (Å²) < 4.78 is 2.02. The van der Waals surface area contributed by atoms with Gasteiger partial charge in [0.25, 0.3) is 0 Å². The second-order valence-electron chi connectivity index (χ2n) is 8.52. The molecule has 0 atom stereocenters. The van der Waals surface area contributed by atoms with Crippen molar-refractivity contribution in [2.75, 3.05) is 13.1 Å². The monoisotopic (exact) mass is 353 g/mol. The Balaban J connectivity index is 1.78. The van der Waals surface area contributed by atoms with Gasteiger partial charge in [0.2, 0.25) is 0 Å². The van der Waals surface area contributed by atoms with Crippen LogP contribution in [-0.2, 0) is 5.54 Å². The lowest BCUT2D eigenvalue weighted by molar-refractivity contribution is 0.0110. The fourth-order valence-electron chi connectivity index (χ4n) is 4.97. The molecule has 2 aliphatic rings. The third-order valence-corrected chi connectivity index (χ3v) is 6.40. The highest BCUT2D eigenvalue weighted by molar-refractivity contribution is 5.39. The number of aryl methyl sites for hydroxylation is 2. The van der Waals surface area contributed by atoms with Gasteiger partial charge in [0.05, 0.1) is 11.2 Å². The summed E-state index contributed by atoms with van der Waals surface area (Å²) in [5.74, 6) is 1.86. The van der Waals surface area contributed by atoms with Crippen LogP contribution in [0.2, 0.25) is 0 Å². The molecule has 26 heavy (non-hydrogen) atoms. The van der Waals surface area contributed by atoms with Crippen LogP contribution in [-0.4, -0.2) is 38.2 Å². The lowest BCUT2D eigenvalue weighted by Crippen LogP contribution is -2.52. The first-order chi connectivity index (χ1) is 12.6. The highest BCUT2D eigenvalue weighted by Gasteiger charge is 2.45. The summed E-state index contributed by atoms with van der Waals surface area (Å²) in [6.07, 6.45) is 8.79. The molecule has 1 aliphatic heterocycles. The molecule has 1 saturated heterocycles. The van der Waals surface area contributed by atoms with Gasteiger partial charge in [-0.15, -0.1) is 5.10 Å². The quantitative estimate of drug-likeness (QED) is 0.831. The van der Waals surface area contributed by atoms with Gasteiger partial charge in [0.15, 0.2) is 5.82 Å². The first kappa shape index (κ1) is 17.7. The maximum absolute atomic E-state index is 4.61. The molecule has 2 aromatic rings. The molecule has 0 N–H and O–H groups in total. The third-order valence-electron chi connectivity index (χ3n) is 6.40. The highest BCUT2D eigenvalue weighted by atomic mass is 15.6. The Kier molecular flexibility index (Phi) is 4.82. The normalized spacial score (nSPS) is 27.6. The van der Waals surface area contributed by atoms with Gasteiger partial charge >= 0.3 is 0 Å². The molecule has 0 amide bonds. The van der Waals surface area contributed by atoms with Crippen molar-refractivity contribution in [3.8, 4) is 5.69 Å². The Bertz CT molecular complexity index is 731. The number of tetrazole rings is 1. The van der Waals surface area contributed by atoms with Crippen LogP contribution >= 0.6 is 0 Å². The van der Waals surface area contributed by atoms with E-state index in [-0.39, 0.29) is 5.54 Å². The fourth-order valence-corrected chi connectivity index (χ4v) is 4.97. The lowest BCUT2D eigenvalue weighted by Gasteiger charge is -2.48. The SMILES string of the molecule is Cc1cc(C)cc(-n2nnnc2C2(N3CCCCC3)CCC(C)CC2)c1. The summed E-state index contributed by atoms with van der Waals surface area (Å²) >= 11 is 0. The standard InChI is InChI=1S/C21H31N5/c1-16-7-9-21(10-8-16,25-11-5-4-6-12-25)20-22-23-24-26(20)19-14-17(2)13-18(3)15-19/h13-16H,4-12H2,1-3H3. The fraction of sp³-hybridized carbons (Fsp3) is 0.667. The van der Waals surface area contributed by atoms with E-state index in [1.807, 2.05) is 4.68 Å². The van der Waals surface area contributed by atoms with E-state index in [9.17, 15) is 0 Å². The van der Waals surface area contributed by atoms with Crippen LogP contribution < -0.4 is 0 Å². The molecule has 1 saturated carbocycles. The average molecular weight is 354 g/mol. The first-order valence-electron chi connectivity index (χ1n) is 10.2. The summed E-state index contributed by atoms with van der Waals surface area (Å²) in [5.41, 5.74) is 3.60. The Hall–Kier alpha value is -1.75. The van der Waals surface area contributed by atoms with Crippen LogP contribution in [0, 0.1) is 19.8 Å². The predicted molar refractivity (Wildman–Crippen MR) is 103 cm³/mol. The zero-order valence-electron chi connectivity index (χ0n) is 16.4. The average Bonchev–Trinajstić information content (AvgIpc) is 3.13. The molecule has 1 aromatic heterocycles. The summed E-state index contributed by atoms with van der Waals surface area (Å²) in [6, 6.07) is 6.60. The maximum atomic E-state index is 4.61. The van der Waals surface area contributed by atoms with Gasteiger partial charge in [-0.1, -0.05) is 19.4 Å². The molecule has 140 valence electrons. The van der Waals surface area contributed by atoms with Crippen LogP contribution in [0.4, 0.5) is 0 Å². The van der Waals surface area contributed by atoms with Crippen molar-refractivity contribution >= 4 is 0 Å². The molecule has 5 nitrogen and oxygen atoms in total. The van der Waals surface area contributed by atoms with E-state index in [1.54, 1.807) is 0 Å². The van der Waals surface area contributed by atoms with Crippen LogP contribution in [0.5, 0.6) is 0 Å². The Morgan fingerprint density at radius 2 is 1.62 bits per heavy atom. The van der Waals surface area contributed by atoms with Gasteiger partial charge < -0.3 is 0 Å². The summed E-state index contributed by atoms with van der Waals surface area (Å²) in [5, 5.41) is 13.2. The molecule has 1 aliphatic carbocycles. The van der Waals surface area contributed by atoms with Crippen molar-refractivity contribution in [1.29, 1.82) is 0 Å².